The highest BCUT2D eigenvalue weighted by Gasteiger charge is 2.15. The molecular formula is C7H13FO2. The standard InChI is InChI=1S/C7H13FO2/c1-3-4-5-6(8)7(9)10-2/h6H,3-5H2,1-2H3. The second kappa shape index (κ2) is 5.21. The number of hydrogen-bond donors (Lipinski definition) is 0. The molecule has 10 heavy (non-hydrogen) atoms. The number of ether oxygens (including phenoxy) is 1. The zero-order valence-corrected chi connectivity index (χ0v) is 6.39. The van der Waals surface area contributed by atoms with Crippen molar-refractivity contribution in [2.75, 3.05) is 7.11 Å². The number of halogens is 1. The summed E-state index contributed by atoms with van der Waals surface area (Å²) in [7, 11) is 1.20. The predicted octanol–water partition coefficient (Wildman–Crippen LogP) is 1.69. The highest BCUT2D eigenvalue weighted by molar-refractivity contribution is 5.74. The third-order valence-electron chi connectivity index (χ3n) is 1.27. The number of methoxy groups -OCH3 is 1. The van der Waals surface area contributed by atoms with Gasteiger partial charge in [-0.15, -0.1) is 0 Å². The maximum Gasteiger partial charge on any atom is 0.340 e. The molecule has 0 N–H and O–H groups in total. The first-order chi connectivity index (χ1) is 4.72. The van der Waals surface area contributed by atoms with Crippen molar-refractivity contribution in [1.29, 1.82) is 0 Å². The Morgan fingerprint density at radius 1 is 1.70 bits per heavy atom. The first kappa shape index (κ1) is 9.40. The van der Waals surface area contributed by atoms with E-state index in [9.17, 15) is 9.18 Å². The van der Waals surface area contributed by atoms with Crippen LogP contribution in [0, 0.1) is 0 Å². The summed E-state index contributed by atoms with van der Waals surface area (Å²) in [6.45, 7) is 1.95. The Morgan fingerprint density at radius 3 is 2.70 bits per heavy atom. The fourth-order valence-electron chi connectivity index (χ4n) is 0.629. The van der Waals surface area contributed by atoms with Crippen LogP contribution in [0.5, 0.6) is 0 Å². The van der Waals surface area contributed by atoms with E-state index in [2.05, 4.69) is 4.74 Å². The molecule has 1 atom stereocenters. The van der Waals surface area contributed by atoms with Crippen LogP contribution in [0.25, 0.3) is 0 Å². The zero-order chi connectivity index (χ0) is 7.98. The molecule has 0 fully saturated rings. The number of carbonyl (C=O) groups excluding carboxylic acids is 1. The second-order valence-corrected chi connectivity index (χ2v) is 2.13. The van der Waals surface area contributed by atoms with Crippen LogP contribution in [0.3, 0.4) is 0 Å². The summed E-state index contributed by atoms with van der Waals surface area (Å²) in [6.07, 6.45) is 0.488. The van der Waals surface area contributed by atoms with E-state index < -0.39 is 12.1 Å². The number of unbranched alkanes of at least 4 members (excludes halogenated alkanes) is 1. The van der Waals surface area contributed by atoms with Crippen molar-refractivity contribution in [2.45, 2.75) is 32.4 Å². The molecule has 0 aliphatic rings. The van der Waals surface area contributed by atoms with Crippen LogP contribution >= 0.6 is 0 Å². The van der Waals surface area contributed by atoms with Crippen LogP contribution in [0.15, 0.2) is 0 Å². The van der Waals surface area contributed by atoms with Gasteiger partial charge in [-0.25, -0.2) is 9.18 Å². The van der Waals surface area contributed by atoms with Crippen molar-refractivity contribution < 1.29 is 13.9 Å². The normalized spacial score (nSPS) is 12.7. The quantitative estimate of drug-likeness (QED) is 0.567. The van der Waals surface area contributed by atoms with Crippen molar-refractivity contribution in [3.8, 4) is 0 Å². The lowest BCUT2D eigenvalue weighted by Gasteiger charge is -2.03. The SMILES string of the molecule is CCCCC(F)C(=O)OC. The van der Waals surface area contributed by atoms with Crippen molar-refractivity contribution in [3.63, 3.8) is 0 Å². The van der Waals surface area contributed by atoms with Crippen molar-refractivity contribution >= 4 is 5.97 Å². The Bertz CT molecular complexity index is 104. The third kappa shape index (κ3) is 3.43. The third-order valence-corrected chi connectivity index (χ3v) is 1.27. The summed E-state index contributed by atoms with van der Waals surface area (Å²) in [4.78, 5) is 10.4. The Kier molecular flexibility index (Phi) is 4.89. The number of rotatable bonds is 4. The topological polar surface area (TPSA) is 26.3 Å². The van der Waals surface area contributed by atoms with Crippen LogP contribution in [-0.4, -0.2) is 19.3 Å². The molecule has 3 heteroatoms. The summed E-state index contributed by atoms with van der Waals surface area (Å²) in [5, 5.41) is 0. The molecule has 0 aromatic heterocycles. The van der Waals surface area contributed by atoms with Crippen molar-refractivity contribution in [3.05, 3.63) is 0 Å². The molecule has 0 heterocycles. The molecule has 1 unspecified atom stereocenters. The Hall–Kier alpha value is -0.600. The Morgan fingerprint density at radius 2 is 2.30 bits per heavy atom. The molecule has 0 aromatic rings. The zero-order valence-electron chi connectivity index (χ0n) is 6.39. The fraction of sp³-hybridized carbons (Fsp3) is 0.857. The predicted molar refractivity (Wildman–Crippen MR) is 36.4 cm³/mol. The monoisotopic (exact) mass is 148 g/mol. The molecule has 0 amide bonds. The average molecular weight is 148 g/mol. The van der Waals surface area contributed by atoms with E-state index >= 15 is 0 Å². The minimum absolute atomic E-state index is 0.281. The van der Waals surface area contributed by atoms with Crippen LogP contribution in [0.2, 0.25) is 0 Å². The summed E-state index contributed by atoms with van der Waals surface area (Å²) >= 11 is 0. The lowest BCUT2D eigenvalue weighted by molar-refractivity contribution is -0.146. The fourth-order valence-corrected chi connectivity index (χ4v) is 0.629. The van der Waals surface area contributed by atoms with Gasteiger partial charge >= 0.3 is 5.97 Å². The molecule has 0 radical (unpaired) electrons. The van der Waals surface area contributed by atoms with Gasteiger partial charge in [0, 0.05) is 0 Å². The lowest BCUT2D eigenvalue weighted by Crippen LogP contribution is -2.16. The van der Waals surface area contributed by atoms with Gasteiger partial charge in [-0.1, -0.05) is 19.8 Å². The first-order valence-electron chi connectivity index (χ1n) is 3.44. The average Bonchev–Trinajstić information content (AvgIpc) is 1.98. The van der Waals surface area contributed by atoms with Crippen LogP contribution in [-0.2, 0) is 9.53 Å². The number of esters is 1. The first-order valence-corrected chi connectivity index (χ1v) is 3.44. The highest BCUT2D eigenvalue weighted by Crippen LogP contribution is 2.05. The van der Waals surface area contributed by atoms with Gasteiger partial charge in [0.2, 0.25) is 0 Å². The van der Waals surface area contributed by atoms with Crippen molar-refractivity contribution in [2.24, 2.45) is 0 Å². The summed E-state index contributed by atoms with van der Waals surface area (Å²) in [5.74, 6) is -0.756. The van der Waals surface area contributed by atoms with Gasteiger partial charge in [0.25, 0.3) is 0 Å². The molecule has 0 saturated heterocycles. The van der Waals surface area contributed by atoms with Gasteiger partial charge in [-0.3, -0.25) is 0 Å². The number of carbonyl (C=O) groups is 1. The van der Waals surface area contributed by atoms with Crippen molar-refractivity contribution in [1.82, 2.24) is 0 Å². The largest absolute Gasteiger partial charge is 0.467 e. The molecule has 0 aliphatic heterocycles. The lowest BCUT2D eigenvalue weighted by atomic mass is 10.2. The van der Waals surface area contributed by atoms with Crippen LogP contribution in [0.4, 0.5) is 4.39 Å². The smallest absolute Gasteiger partial charge is 0.340 e. The molecule has 0 aromatic carbocycles. The summed E-state index contributed by atoms with van der Waals surface area (Å²) in [5.41, 5.74) is 0. The molecule has 2 nitrogen and oxygen atoms in total. The Balaban J connectivity index is 3.41. The van der Waals surface area contributed by atoms with E-state index in [0.29, 0.717) is 0 Å². The van der Waals surface area contributed by atoms with E-state index in [1.807, 2.05) is 6.92 Å². The maximum atomic E-state index is 12.5. The maximum absolute atomic E-state index is 12.5. The summed E-state index contributed by atoms with van der Waals surface area (Å²) in [6, 6.07) is 0. The van der Waals surface area contributed by atoms with E-state index in [1.54, 1.807) is 0 Å². The number of hydrogen-bond acceptors (Lipinski definition) is 2. The van der Waals surface area contributed by atoms with E-state index in [-0.39, 0.29) is 6.42 Å². The Labute approximate surface area is 60.4 Å². The van der Waals surface area contributed by atoms with Gasteiger partial charge in [0.05, 0.1) is 7.11 Å². The molecule has 0 spiro atoms. The van der Waals surface area contributed by atoms with Gasteiger partial charge in [-0.05, 0) is 6.42 Å². The minimum atomic E-state index is -1.43. The molecule has 0 saturated carbocycles. The summed E-state index contributed by atoms with van der Waals surface area (Å²) < 4.78 is 16.7. The minimum Gasteiger partial charge on any atom is -0.467 e. The van der Waals surface area contributed by atoms with Crippen LogP contribution < -0.4 is 0 Å². The highest BCUT2D eigenvalue weighted by atomic mass is 19.1. The van der Waals surface area contributed by atoms with Gasteiger partial charge in [0.1, 0.15) is 0 Å². The molecule has 60 valence electrons. The number of alkyl halides is 1. The second-order valence-electron chi connectivity index (χ2n) is 2.13. The molecular weight excluding hydrogens is 135 g/mol. The van der Waals surface area contributed by atoms with E-state index in [1.165, 1.54) is 7.11 Å². The van der Waals surface area contributed by atoms with E-state index in [4.69, 9.17) is 0 Å². The van der Waals surface area contributed by atoms with Gasteiger partial charge in [-0.2, -0.15) is 0 Å². The van der Waals surface area contributed by atoms with Gasteiger partial charge < -0.3 is 4.74 Å². The van der Waals surface area contributed by atoms with E-state index in [0.717, 1.165) is 12.8 Å². The molecule has 0 aliphatic carbocycles. The van der Waals surface area contributed by atoms with Crippen LogP contribution in [0.1, 0.15) is 26.2 Å². The van der Waals surface area contributed by atoms with Gasteiger partial charge in [0.15, 0.2) is 6.17 Å². The molecule has 0 bridgehead atoms. The molecule has 0 rings (SSSR count).